The molecule has 0 fully saturated rings. The molecule has 0 spiro atoms. The second kappa shape index (κ2) is 12.4. The molecule has 3 aromatic rings. The highest BCUT2D eigenvalue weighted by Crippen LogP contribution is 2.24. The van der Waals surface area contributed by atoms with Gasteiger partial charge in [0.05, 0.1) is 12.4 Å². The third-order valence-corrected chi connectivity index (χ3v) is 4.72. The normalized spacial score (nSPS) is 11.3. The van der Waals surface area contributed by atoms with E-state index in [-0.39, 0.29) is 30.7 Å². The fourth-order valence-corrected chi connectivity index (χ4v) is 3.27. The highest BCUT2D eigenvalue weighted by Gasteiger charge is 2.15. The summed E-state index contributed by atoms with van der Waals surface area (Å²) in [6.45, 7) is 5.40. The van der Waals surface area contributed by atoms with Crippen molar-refractivity contribution in [2.45, 2.75) is 39.4 Å². The molecule has 7 heteroatoms. The summed E-state index contributed by atoms with van der Waals surface area (Å²) in [5.74, 6) is 0.299. The van der Waals surface area contributed by atoms with Crippen molar-refractivity contribution >= 4 is 30.7 Å². The zero-order valence-corrected chi connectivity index (χ0v) is 19.0. The summed E-state index contributed by atoms with van der Waals surface area (Å²) in [4.78, 5) is 16.3. The highest BCUT2D eigenvalue weighted by atomic mass is 35.5. The summed E-state index contributed by atoms with van der Waals surface area (Å²) in [6, 6.07) is 16.2. The lowest BCUT2D eigenvalue weighted by Gasteiger charge is -2.16. The number of imidazole rings is 1. The lowest BCUT2D eigenvalue weighted by atomic mass is 9.98. The van der Waals surface area contributed by atoms with Crippen molar-refractivity contribution in [3.63, 3.8) is 0 Å². The average Bonchev–Trinajstić information content (AvgIpc) is 3.19. The number of rotatable bonds is 8. The van der Waals surface area contributed by atoms with Crippen LogP contribution >= 0.6 is 24.8 Å². The van der Waals surface area contributed by atoms with E-state index in [1.807, 2.05) is 35.3 Å². The molecule has 1 atom stereocenters. The highest BCUT2D eigenvalue weighted by molar-refractivity contribution is 5.85. The summed E-state index contributed by atoms with van der Waals surface area (Å²) in [6.07, 6.45) is 6.24. The van der Waals surface area contributed by atoms with Gasteiger partial charge in [-0.15, -0.1) is 24.8 Å². The molecule has 0 saturated heterocycles. The summed E-state index contributed by atoms with van der Waals surface area (Å²) < 4.78 is 2.04. The first kappa shape index (κ1) is 25.7. The molecule has 5 nitrogen and oxygen atoms in total. The van der Waals surface area contributed by atoms with E-state index in [0.29, 0.717) is 18.9 Å². The Morgan fingerprint density at radius 3 is 2.43 bits per heavy atom. The van der Waals surface area contributed by atoms with E-state index in [9.17, 15) is 4.79 Å². The van der Waals surface area contributed by atoms with Gasteiger partial charge in [0.15, 0.2) is 0 Å². The van der Waals surface area contributed by atoms with Gasteiger partial charge in [-0.1, -0.05) is 62.4 Å². The standard InChI is InChI=1S/C23H28N4O.2ClH/c1-17(2)13-22(24)23(28)26-14-20-5-3-4-6-21(20)19-9-7-18(8-10-19)15-27-12-11-25-16-27;;/h3-12,16-17,22H,13-15,24H2,1-2H3,(H,26,28);2*1H/t22-;;/m0../s1. The summed E-state index contributed by atoms with van der Waals surface area (Å²) >= 11 is 0. The van der Waals surface area contributed by atoms with E-state index in [1.54, 1.807) is 6.20 Å². The largest absolute Gasteiger partial charge is 0.351 e. The first-order chi connectivity index (χ1) is 13.5. The number of halogens is 2. The van der Waals surface area contributed by atoms with Crippen molar-refractivity contribution in [1.82, 2.24) is 14.9 Å². The van der Waals surface area contributed by atoms with Crippen LogP contribution in [0, 0.1) is 5.92 Å². The lowest BCUT2D eigenvalue weighted by Crippen LogP contribution is -2.41. The van der Waals surface area contributed by atoms with Crippen LogP contribution in [0.5, 0.6) is 0 Å². The molecule has 1 amide bonds. The number of carbonyl (C=O) groups excluding carboxylic acids is 1. The van der Waals surface area contributed by atoms with Crippen LogP contribution in [0.3, 0.4) is 0 Å². The fourth-order valence-electron chi connectivity index (χ4n) is 3.27. The second-order valence-corrected chi connectivity index (χ2v) is 7.54. The van der Waals surface area contributed by atoms with Crippen LogP contribution in [-0.2, 0) is 17.9 Å². The Hall–Kier alpha value is -2.34. The molecule has 0 aliphatic heterocycles. The van der Waals surface area contributed by atoms with Crippen LogP contribution in [0.25, 0.3) is 11.1 Å². The van der Waals surface area contributed by atoms with Gasteiger partial charge in [-0.2, -0.15) is 0 Å². The minimum atomic E-state index is -0.463. The van der Waals surface area contributed by atoms with E-state index >= 15 is 0 Å². The minimum Gasteiger partial charge on any atom is -0.351 e. The molecular formula is C23H30Cl2N4O. The van der Waals surface area contributed by atoms with Gasteiger partial charge in [-0.3, -0.25) is 4.79 Å². The molecule has 3 rings (SSSR count). The zero-order chi connectivity index (χ0) is 19.9. The van der Waals surface area contributed by atoms with Crippen molar-refractivity contribution in [3.8, 4) is 11.1 Å². The lowest BCUT2D eigenvalue weighted by molar-refractivity contribution is -0.122. The Morgan fingerprint density at radius 1 is 1.10 bits per heavy atom. The van der Waals surface area contributed by atoms with E-state index in [1.165, 1.54) is 5.56 Å². The van der Waals surface area contributed by atoms with Crippen molar-refractivity contribution in [3.05, 3.63) is 78.4 Å². The monoisotopic (exact) mass is 448 g/mol. The maximum absolute atomic E-state index is 12.3. The van der Waals surface area contributed by atoms with Crippen molar-refractivity contribution < 1.29 is 4.79 Å². The van der Waals surface area contributed by atoms with Gasteiger partial charge in [0, 0.05) is 25.5 Å². The molecule has 0 unspecified atom stereocenters. The number of nitrogens with zero attached hydrogens (tertiary/aromatic N) is 2. The van der Waals surface area contributed by atoms with Crippen molar-refractivity contribution in [2.75, 3.05) is 0 Å². The Morgan fingerprint density at radius 2 is 1.80 bits per heavy atom. The van der Waals surface area contributed by atoms with E-state index in [0.717, 1.165) is 23.2 Å². The van der Waals surface area contributed by atoms with Crippen molar-refractivity contribution in [1.29, 1.82) is 0 Å². The summed E-state index contributed by atoms with van der Waals surface area (Å²) in [5.41, 5.74) is 10.5. The Kier molecular flexibility index (Phi) is 10.6. The molecule has 1 heterocycles. The van der Waals surface area contributed by atoms with E-state index in [2.05, 4.69) is 54.5 Å². The maximum atomic E-state index is 12.3. The van der Waals surface area contributed by atoms with E-state index in [4.69, 9.17) is 5.73 Å². The van der Waals surface area contributed by atoms with Gasteiger partial charge in [-0.25, -0.2) is 4.98 Å². The average molecular weight is 449 g/mol. The number of aromatic nitrogens is 2. The molecule has 30 heavy (non-hydrogen) atoms. The zero-order valence-electron chi connectivity index (χ0n) is 17.3. The number of nitrogens with one attached hydrogen (secondary N) is 1. The first-order valence-electron chi connectivity index (χ1n) is 9.69. The topological polar surface area (TPSA) is 72.9 Å². The smallest absolute Gasteiger partial charge is 0.237 e. The van der Waals surface area contributed by atoms with Crippen LogP contribution in [0.4, 0.5) is 0 Å². The van der Waals surface area contributed by atoms with Crippen LogP contribution < -0.4 is 11.1 Å². The third kappa shape index (κ3) is 7.17. The van der Waals surface area contributed by atoms with Gasteiger partial charge in [-0.05, 0) is 34.6 Å². The molecule has 0 radical (unpaired) electrons. The summed E-state index contributed by atoms with van der Waals surface area (Å²) in [5, 5.41) is 2.98. The Bertz CT molecular complexity index is 896. The number of nitrogens with two attached hydrogens (primary N) is 1. The Labute approximate surface area is 190 Å². The quantitative estimate of drug-likeness (QED) is 0.534. The molecule has 0 bridgehead atoms. The molecule has 2 aromatic carbocycles. The van der Waals surface area contributed by atoms with Gasteiger partial charge >= 0.3 is 0 Å². The molecule has 1 aromatic heterocycles. The van der Waals surface area contributed by atoms with Gasteiger partial charge in [0.25, 0.3) is 0 Å². The maximum Gasteiger partial charge on any atom is 0.237 e. The van der Waals surface area contributed by atoms with Crippen LogP contribution in [0.1, 0.15) is 31.4 Å². The number of carbonyl (C=O) groups is 1. The number of amides is 1. The molecular weight excluding hydrogens is 419 g/mol. The predicted octanol–water partition coefficient (Wildman–Crippen LogP) is 4.43. The molecule has 3 N–H and O–H groups in total. The minimum absolute atomic E-state index is 0. The molecule has 0 aliphatic carbocycles. The molecule has 162 valence electrons. The number of hydrogen-bond donors (Lipinski definition) is 2. The third-order valence-electron chi connectivity index (χ3n) is 4.72. The van der Waals surface area contributed by atoms with Crippen molar-refractivity contribution in [2.24, 2.45) is 11.7 Å². The van der Waals surface area contributed by atoms with Gasteiger partial charge < -0.3 is 15.6 Å². The van der Waals surface area contributed by atoms with Gasteiger partial charge in [0.1, 0.15) is 0 Å². The molecule has 0 aliphatic rings. The summed E-state index contributed by atoms with van der Waals surface area (Å²) in [7, 11) is 0. The second-order valence-electron chi connectivity index (χ2n) is 7.54. The van der Waals surface area contributed by atoms with Crippen LogP contribution in [-0.4, -0.2) is 21.5 Å². The number of benzene rings is 2. The van der Waals surface area contributed by atoms with E-state index < -0.39 is 6.04 Å². The predicted molar refractivity (Wildman–Crippen MR) is 127 cm³/mol. The van der Waals surface area contributed by atoms with Gasteiger partial charge in [0.2, 0.25) is 5.91 Å². The van der Waals surface area contributed by atoms with Crippen LogP contribution in [0.2, 0.25) is 0 Å². The SMILES string of the molecule is CC(C)C[C@H](N)C(=O)NCc1ccccc1-c1ccc(Cn2ccnc2)cc1.Cl.Cl. The fraction of sp³-hybridized carbons (Fsp3) is 0.304. The number of hydrogen-bond acceptors (Lipinski definition) is 3. The molecule has 0 saturated carbocycles. The first-order valence-corrected chi connectivity index (χ1v) is 9.69. The van der Waals surface area contributed by atoms with Crippen LogP contribution in [0.15, 0.2) is 67.3 Å². The Balaban J connectivity index is 0.00000225.